The van der Waals surface area contributed by atoms with E-state index in [0.29, 0.717) is 17.1 Å². The van der Waals surface area contributed by atoms with Crippen LogP contribution in [-0.4, -0.2) is 16.0 Å². The third-order valence-corrected chi connectivity index (χ3v) is 3.76. The van der Waals surface area contributed by atoms with Gasteiger partial charge in [-0.2, -0.15) is 0 Å². The molecule has 0 aliphatic carbocycles. The van der Waals surface area contributed by atoms with Crippen molar-refractivity contribution in [1.29, 1.82) is 0 Å². The lowest BCUT2D eigenvalue weighted by Gasteiger charge is -2.05. The summed E-state index contributed by atoms with van der Waals surface area (Å²) in [7, 11) is 0. The highest BCUT2D eigenvalue weighted by atomic mass is 16.5. The predicted molar refractivity (Wildman–Crippen MR) is 84.8 cm³/mol. The van der Waals surface area contributed by atoms with E-state index >= 15 is 0 Å². The van der Waals surface area contributed by atoms with E-state index in [4.69, 9.17) is 4.52 Å². The van der Waals surface area contributed by atoms with Crippen molar-refractivity contribution in [1.82, 2.24) is 10.1 Å². The Morgan fingerprint density at radius 1 is 1.18 bits per heavy atom. The van der Waals surface area contributed by atoms with Crippen LogP contribution in [0.5, 0.6) is 0 Å². The first kappa shape index (κ1) is 14.3. The molecule has 5 nitrogen and oxygen atoms in total. The molecule has 0 bridgehead atoms. The van der Waals surface area contributed by atoms with Gasteiger partial charge >= 0.3 is 0 Å². The van der Waals surface area contributed by atoms with Gasteiger partial charge in [-0.3, -0.25) is 4.79 Å². The number of anilines is 1. The number of fused-ring (bicyclic) bond motifs is 1. The maximum atomic E-state index is 12.2. The van der Waals surface area contributed by atoms with Crippen molar-refractivity contribution in [3.05, 3.63) is 52.8 Å². The van der Waals surface area contributed by atoms with Gasteiger partial charge in [0.1, 0.15) is 11.5 Å². The maximum Gasteiger partial charge on any atom is 0.231 e. The summed E-state index contributed by atoms with van der Waals surface area (Å²) in [4.78, 5) is 16.4. The molecule has 0 fully saturated rings. The van der Waals surface area contributed by atoms with Crippen molar-refractivity contribution in [2.24, 2.45) is 0 Å². The third-order valence-electron chi connectivity index (χ3n) is 3.76. The van der Waals surface area contributed by atoms with Crippen LogP contribution < -0.4 is 5.32 Å². The van der Waals surface area contributed by atoms with E-state index in [1.807, 2.05) is 45.0 Å². The molecule has 0 unspecified atom stereocenters. The SMILES string of the molecule is Cc1cc2onc(CC(=O)Nc3ncccc3C)c2cc1C. The first-order valence-electron chi connectivity index (χ1n) is 7.11. The topological polar surface area (TPSA) is 68.0 Å². The molecule has 2 aromatic heterocycles. The highest BCUT2D eigenvalue weighted by Crippen LogP contribution is 2.23. The molecule has 22 heavy (non-hydrogen) atoms. The van der Waals surface area contributed by atoms with Crippen LogP contribution in [0.2, 0.25) is 0 Å². The van der Waals surface area contributed by atoms with E-state index in [9.17, 15) is 4.79 Å². The summed E-state index contributed by atoms with van der Waals surface area (Å²) in [5, 5.41) is 7.72. The normalized spacial score (nSPS) is 10.9. The zero-order chi connectivity index (χ0) is 15.7. The lowest BCUT2D eigenvalue weighted by molar-refractivity contribution is -0.115. The van der Waals surface area contributed by atoms with E-state index in [0.717, 1.165) is 22.1 Å². The van der Waals surface area contributed by atoms with E-state index < -0.39 is 0 Å². The molecule has 112 valence electrons. The number of rotatable bonds is 3. The Morgan fingerprint density at radius 3 is 2.73 bits per heavy atom. The number of aryl methyl sites for hydroxylation is 3. The Kier molecular flexibility index (Phi) is 3.63. The highest BCUT2D eigenvalue weighted by Gasteiger charge is 2.14. The second-order valence-electron chi connectivity index (χ2n) is 5.46. The number of benzene rings is 1. The van der Waals surface area contributed by atoms with E-state index in [1.165, 1.54) is 0 Å². The van der Waals surface area contributed by atoms with Gasteiger partial charge in [0, 0.05) is 11.6 Å². The fraction of sp³-hybridized carbons (Fsp3) is 0.235. The minimum atomic E-state index is -0.157. The standard InChI is InChI=1S/C17H17N3O2/c1-10-5-4-6-18-17(10)19-16(21)9-14-13-7-11(2)12(3)8-15(13)22-20-14/h4-8H,9H2,1-3H3,(H,18,19,21). The molecular formula is C17H17N3O2. The number of pyridine rings is 1. The first-order chi connectivity index (χ1) is 10.5. The largest absolute Gasteiger partial charge is 0.356 e. The second-order valence-corrected chi connectivity index (χ2v) is 5.46. The van der Waals surface area contributed by atoms with Crippen LogP contribution in [0.25, 0.3) is 11.0 Å². The number of nitrogens with one attached hydrogen (secondary N) is 1. The van der Waals surface area contributed by atoms with Crippen LogP contribution in [0.1, 0.15) is 22.4 Å². The molecule has 1 N–H and O–H groups in total. The number of hydrogen-bond acceptors (Lipinski definition) is 4. The summed E-state index contributed by atoms with van der Waals surface area (Å²) in [6, 6.07) is 7.69. The molecule has 0 atom stereocenters. The Balaban J connectivity index is 1.83. The minimum Gasteiger partial charge on any atom is -0.356 e. The zero-order valence-electron chi connectivity index (χ0n) is 12.8. The van der Waals surface area contributed by atoms with Gasteiger partial charge in [0.25, 0.3) is 0 Å². The predicted octanol–water partition coefficient (Wildman–Crippen LogP) is 3.33. The van der Waals surface area contributed by atoms with Crippen LogP contribution in [0, 0.1) is 20.8 Å². The summed E-state index contributed by atoms with van der Waals surface area (Å²) in [5.41, 5.74) is 4.57. The average Bonchev–Trinajstić information content (AvgIpc) is 2.84. The Morgan fingerprint density at radius 2 is 1.95 bits per heavy atom. The fourth-order valence-electron chi connectivity index (χ4n) is 2.32. The van der Waals surface area contributed by atoms with Gasteiger partial charge in [0.15, 0.2) is 5.58 Å². The fourth-order valence-corrected chi connectivity index (χ4v) is 2.32. The molecule has 1 aromatic carbocycles. The van der Waals surface area contributed by atoms with Crippen molar-refractivity contribution in [2.75, 3.05) is 5.32 Å². The van der Waals surface area contributed by atoms with Crippen molar-refractivity contribution in [2.45, 2.75) is 27.2 Å². The first-order valence-corrected chi connectivity index (χ1v) is 7.11. The number of hydrogen-bond donors (Lipinski definition) is 1. The smallest absolute Gasteiger partial charge is 0.231 e. The molecule has 0 saturated heterocycles. The molecule has 3 aromatic rings. The summed E-state index contributed by atoms with van der Waals surface area (Å²) >= 11 is 0. The number of carbonyl (C=O) groups excluding carboxylic acids is 1. The Hall–Kier alpha value is -2.69. The number of nitrogens with zero attached hydrogens (tertiary/aromatic N) is 2. The van der Waals surface area contributed by atoms with Gasteiger partial charge < -0.3 is 9.84 Å². The maximum absolute atomic E-state index is 12.2. The van der Waals surface area contributed by atoms with Gasteiger partial charge in [0.05, 0.1) is 6.42 Å². The van der Waals surface area contributed by atoms with Crippen LogP contribution in [0.4, 0.5) is 5.82 Å². The highest BCUT2D eigenvalue weighted by molar-refractivity contribution is 5.94. The number of carbonyl (C=O) groups is 1. The number of amides is 1. The lowest BCUT2D eigenvalue weighted by Crippen LogP contribution is -2.16. The van der Waals surface area contributed by atoms with E-state index in [2.05, 4.69) is 15.5 Å². The summed E-state index contributed by atoms with van der Waals surface area (Å²) in [5.74, 6) is 0.419. The zero-order valence-corrected chi connectivity index (χ0v) is 12.8. The van der Waals surface area contributed by atoms with Crippen LogP contribution in [-0.2, 0) is 11.2 Å². The van der Waals surface area contributed by atoms with Crippen LogP contribution in [0.15, 0.2) is 35.0 Å². The van der Waals surface area contributed by atoms with Gasteiger partial charge in [-0.1, -0.05) is 11.2 Å². The number of aromatic nitrogens is 2. The van der Waals surface area contributed by atoms with Crippen LogP contribution >= 0.6 is 0 Å². The minimum absolute atomic E-state index is 0.157. The molecule has 0 saturated carbocycles. The quantitative estimate of drug-likeness (QED) is 0.804. The van der Waals surface area contributed by atoms with E-state index in [-0.39, 0.29) is 12.3 Å². The molecular weight excluding hydrogens is 278 g/mol. The monoisotopic (exact) mass is 295 g/mol. The van der Waals surface area contributed by atoms with Crippen molar-refractivity contribution >= 4 is 22.7 Å². The Bertz CT molecular complexity index is 852. The van der Waals surface area contributed by atoms with Crippen molar-refractivity contribution < 1.29 is 9.32 Å². The van der Waals surface area contributed by atoms with Gasteiger partial charge in [-0.25, -0.2) is 4.98 Å². The molecule has 2 heterocycles. The Labute approximate surface area is 128 Å². The third kappa shape index (κ3) is 2.70. The average molecular weight is 295 g/mol. The van der Waals surface area contributed by atoms with Crippen molar-refractivity contribution in [3.63, 3.8) is 0 Å². The molecule has 0 aliphatic rings. The summed E-state index contributed by atoms with van der Waals surface area (Å²) in [6.07, 6.45) is 1.81. The van der Waals surface area contributed by atoms with Gasteiger partial charge in [0.2, 0.25) is 5.91 Å². The lowest BCUT2D eigenvalue weighted by atomic mass is 10.1. The summed E-state index contributed by atoms with van der Waals surface area (Å²) < 4.78 is 5.31. The molecule has 3 rings (SSSR count). The second kappa shape index (κ2) is 5.60. The summed E-state index contributed by atoms with van der Waals surface area (Å²) in [6.45, 7) is 5.96. The molecule has 0 radical (unpaired) electrons. The molecule has 0 aliphatic heterocycles. The van der Waals surface area contributed by atoms with Crippen molar-refractivity contribution in [3.8, 4) is 0 Å². The van der Waals surface area contributed by atoms with E-state index in [1.54, 1.807) is 6.20 Å². The molecule has 0 spiro atoms. The van der Waals surface area contributed by atoms with Gasteiger partial charge in [-0.05, 0) is 55.7 Å². The van der Waals surface area contributed by atoms with Gasteiger partial charge in [-0.15, -0.1) is 0 Å². The molecule has 1 amide bonds. The molecule has 5 heteroatoms. The van der Waals surface area contributed by atoms with Crippen LogP contribution in [0.3, 0.4) is 0 Å².